The largest absolute Gasteiger partial charge is 0.481 e. The zero-order valence-electron chi connectivity index (χ0n) is 11.6. The molecule has 0 aromatic carbocycles. The molecular formula is C12H21N3O3. The fraction of sp³-hybridized carbons (Fsp3) is 0.750. The molecule has 6 nitrogen and oxygen atoms in total. The zero-order chi connectivity index (χ0) is 14.6. The molecule has 0 saturated carbocycles. The molecule has 0 fully saturated rings. The van der Waals surface area contributed by atoms with Gasteiger partial charge in [-0.2, -0.15) is 5.26 Å². The minimum absolute atomic E-state index is 0.243. The monoisotopic (exact) mass is 255 g/mol. The van der Waals surface area contributed by atoms with E-state index in [9.17, 15) is 9.59 Å². The maximum Gasteiger partial charge on any atom is 0.317 e. The van der Waals surface area contributed by atoms with Crippen molar-refractivity contribution in [2.45, 2.75) is 39.7 Å². The van der Waals surface area contributed by atoms with Crippen molar-refractivity contribution in [1.82, 2.24) is 10.2 Å². The van der Waals surface area contributed by atoms with Gasteiger partial charge in [0.05, 0.1) is 23.4 Å². The van der Waals surface area contributed by atoms with E-state index in [4.69, 9.17) is 10.4 Å². The average Bonchev–Trinajstić information content (AvgIpc) is 2.24. The number of hydrogen-bond acceptors (Lipinski definition) is 3. The summed E-state index contributed by atoms with van der Waals surface area (Å²) >= 11 is 0. The van der Waals surface area contributed by atoms with Gasteiger partial charge in [0.1, 0.15) is 0 Å². The third-order valence-corrected chi connectivity index (χ3v) is 3.42. The smallest absolute Gasteiger partial charge is 0.317 e. The number of nitriles is 1. The van der Waals surface area contributed by atoms with Gasteiger partial charge in [0.15, 0.2) is 0 Å². The summed E-state index contributed by atoms with van der Waals surface area (Å²) in [6.07, 6.45) is 0.243. The summed E-state index contributed by atoms with van der Waals surface area (Å²) < 4.78 is 0. The van der Waals surface area contributed by atoms with Crippen LogP contribution in [0.25, 0.3) is 0 Å². The number of urea groups is 1. The Labute approximate surface area is 108 Å². The molecular weight excluding hydrogens is 234 g/mol. The minimum atomic E-state index is -1.10. The lowest BCUT2D eigenvalue weighted by atomic mass is 9.74. The first-order valence-electron chi connectivity index (χ1n) is 5.70. The maximum absolute atomic E-state index is 11.8. The van der Waals surface area contributed by atoms with Gasteiger partial charge in [-0.3, -0.25) is 4.79 Å². The molecule has 0 rings (SSSR count). The van der Waals surface area contributed by atoms with Crippen LogP contribution in [-0.4, -0.2) is 41.1 Å². The third-order valence-electron chi connectivity index (χ3n) is 3.42. The molecule has 102 valence electrons. The average molecular weight is 255 g/mol. The minimum Gasteiger partial charge on any atom is -0.481 e. The first kappa shape index (κ1) is 16.2. The lowest BCUT2D eigenvalue weighted by molar-refractivity contribution is -0.150. The van der Waals surface area contributed by atoms with Crippen LogP contribution in [0.15, 0.2) is 0 Å². The zero-order valence-corrected chi connectivity index (χ0v) is 11.6. The van der Waals surface area contributed by atoms with E-state index in [1.807, 2.05) is 6.07 Å². The summed E-state index contributed by atoms with van der Waals surface area (Å²) in [6.45, 7) is 6.76. The summed E-state index contributed by atoms with van der Waals surface area (Å²) in [4.78, 5) is 24.4. The first-order valence-corrected chi connectivity index (χ1v) is 5.70. The van der Waals surface area contributed by atoms with Gasteiger partial charge in [0.2, 0.25) is 0 Å². The van der Waals surface area contributed by atoms with E-state index in [0.717, 1.165) is 0 Å². The second kappa shape index (κ2) is 5.71. The summed E-state index contributed by atoms with van der Waals surface area (Å²) in [6, 6.07) is 1.56. The first-order chi connectivity index (χ1) is 8.06. The predicted molar refractivity (Wildman–Crippen MR) is 66.9 cm³/mol. The van der Waals surface area contributed by atoms with Crippen molar-refractivity contribution < 1.29 is 14.7 Å². The molecule has 0 saturated heterocycles. The SMILES string of the molecule is CN(CCC#N)C(=O)NC(C)(C)C(C)(C)C(=O)O. The normalized spacial score (nSPS) is 11.6. The molecule has 2 amide bonds. The highest BCUT2D eigenvalue weighted by atomic mass is 16.4. The number of carbonyl (C=O) groups is 2. The Morgan fingerprint density at radius 1 is 1.33 bits per heavy atom. The lowest BCUT2D eigenvalue weighted by Crippen LogP contribution is -2.59. The van der Waals surface area contributed by atoms with E-state index in [1.54, 1.807) is 34.7 Å². The number of carboxylic acids is 1. The number of nitrogens with one attached hydrogen (secondary N) is 1. The Hall–Kier alpha value is -1.77. The number of hydrogen-bond donors (Lipinski definition) is 2. The van der Waals surface area contributed by atoms with E-state index in [0.29, 0.717) is 6.54 Å². The molecule has 0 aliphatic rings. The van der Waals surface area contributed by atoms with E-state index in [-0.39, 0.29) is 12.5 Å². The van der Waals surface area contributed by atoms with Gasteiger partial charge >= 0.3 is 12.0 Å². The second-order valence-electron chi connectivity index (χ2n) is 5.31. The second-order valence-corrected chi connectivity index (χ2v) is 5.31. The highest BCUT2D eigenvalue weighted by molar-refractivity contribution is 5.79. The van der Waals surface area contributed by atoms with Crippen molar-refractivity contribution in [1.29, 1.82) is 5.26 Å². The van der Waals surface area contributed by atoms with Crippen molar-refractivity contribution in [2.24, 2.45) is 5.41 Å². The van der Waals surface area contributed by atoms with Gasteiger partial charge in [0, 0.05) is 13.6 Å². The van der Waals surface area contributed by atoms with Crippen LogP contribution in [0.4, 0.5) is 4.79 Å². The molecule has 0 aliphatic heterocycles. The number of carboxylic acid groups (broad SMARTS) is 1. The van der Waals surface area contributed by atoms with Crippen LogP contribution in [-0.2, 0) is 4.79 Å². The summed E-state index contributed by atoms with van der Waals surface area (Å²) in [7, 11) is 1.57. The molecule has 0 aromatic heterocycles. The van der Waals surface area contributed by atoms with Gasteiger partial charge in [-0.25, -0.2) is 4.79 Å². The van der Waals surface area contributed by atoms with Crippen LogP contribution >= 0.6 is 0 Å². The Bertz CT molecular complexity index is 369. The molecule has 18 heavy (non-hydrogen) atoms. The lowest BCUT2D eigenvalue weighted by Gasteiger charge is -2.39. The van der Waals surface area contributed by atoms with E-state index in [1.165, 1.54) is 4.90 Å². The van der Waals surface area contributed by atoms with Crippen molar-refractivity contribution in [3.63, 3.8) is 0 Å². The number of carbonyl (C=O) groups excluding carboxylic acids is 1. The Balaban J connectivity index is 4.74. The topological polar surface area (TPSA) is 93.4 Å². The molecule has 2 N–H and O–H groups in total. The number of aliphatic carboxylic acids is 1. The molecule has 0 aromatic rings. The maximum atomic E-state index is 11.8. The predicted octanol–water partition coefficient (Wildman–Crippen LogP) is 1.43. The molecule has 0 bridgehead atoms. The quantitative estimate of drug-likeness (QED) is 0.777. The molecule has 0 heterocycles. The van der Waals surface area contributed by atoms with Crippen molar-refractivity contribution in [3.8, 4) is 6.07 Å². The molecule has 0 unspecified atom stereocenters. The van der Waals surface area contributed by atoms with Crippen molar-refractivity contribution in [2.75, 3.05) is 13.6 Å². The van der Waals surface area contributed by atoms with Crippen LogP contribution in [0.2, 0.25) is 0 Å². The molecule has 0 radical (unpaired) electrons. The highest BCUT2D eigenvalue weighted by Gasteiger charge is 2.44. The van der Waals surface area contributed by atoms with Crippen LogP contribution < -0.4 is 5.32 Å². The van der Waals surface area contributed by atoms with Crippen molar-refractivity contribution >= 4 is 12.0 Å². The van der Waals surface area contributed by atoms with E-state index < -0.39 is 16.9 Å². The molecule has 0 aliphatic carbocycles. The molecule has 0 atom stereocenters. The fourth-order valence-electron chi connectivity index (χ4n) is 1.11. The van der Waals surface area contributed by atoms with Crippen LogP contribution in [0.5, 0.6) is 0 Å². The number of rotatable bonds is 5. The standard InChI is InChI=1S/C12H21N3O3/c1-11(2,9(16)17)12(3,4)14-10(18)15(5)8-6-7-13/h6,8H2,1-5H3,(H,14,18)(H,16,17). The highest BCUT2D eigenvalue weighted by Crippen LogP contribution is 2.30. The van der Waals surface area contributed by atoms with Crippen LogP contribution in [0.3, 0.4) is 0 Å². The number of nitrogens with zero attached hydrogens (tertiary/aromatic N) is 2. The number of amides is 2. The Kier molecular flexibility index (Phi) is 5.15. The van der Waals surface area contributed by atoms with Crippen LogP contribution in [0.1, 0.15) is 34.1 Å². The van der Waals surface area contributed by atoms with Gasteiger partial charge in [-0.15, -0.1) is 0 Å². The molecule has 6 heteroatoms. The van der Waals surface area contributed by atoms with Gasteiger partial charge in [0.25, 0.3) is 0 Å². The van der Waals surface area contributed by atoms with Gasteiger partial charge in [-0.1, -0.05) is 0 Å². The summed E-state index contributed by atoms with van der Waals surface area (Å²) in [5, 5.41) is 20.3. The van der Waals surface area contributed by atoms with Gasteiger partial charge < -0.3 is 15.3 Å². The summed E-state index contributed by atoms with van der Waals surface area (Å²) in [5.41, 5.74) is -2.00. The van der Waals surface area contributed by atoms with E-state index in [2.05, 4.69) is 5.32 Å². The summed E-state index contributed by atoms with van der Waals surface area (Å²) in [5.74, 6) is -0.979. The van der Waals surface area contributed by atoms with E-state index >= 15 is 0 Å². The fourth-order valence-corrected chi connectivity index (χ4v) is 1.11. The molecule has 0 spiro atoms. The van der Waals surface area contributed by atoms with Crippen molar-refractivity contribution in [3.05, 3.63) is 0 Å². The Morgan fingerprint density at radius 2 is 1.83 bits per heavy atom. The van der Waals surface area contributed by atoms with Crippen LogP contribution in [0, 0.1) is 16.7 Å². The Morgan fingerprint density at radius 3 is 2.22 bits per heavy atom. The third kappa shape index (κ3) is 3.62. The van der Waals surface area contributed by atoms with Gasteiger partial charge in [-0.05, 0) is 27.7 Å².